The van der Waals surface area contributed by atoms with E-state index >= 15 is 0 Å². The zero-order valence-electron chi connectivity index (χ0n) is 17.1. The zero-order chi connectivity index (χ0) is 21.4. The lowest BCUT2D eigenvalue weighted by Crippen LogP contribution is -2.37. The number of hydrogen-bond acceptors (Lipinski definition) is 5. The lowest BCUT2D eigenvalue weighted by molar-refractivity contribution is -0.136. The monoisotopic (exact) mass is 414 g/mol. The number of esters is 1. The van der Waals surface area contributed by atoms with Gasteiger partial charge in [-0.15, -0.1) is 11.8 Å². The zero-order valence-corrected chi connectivity index (χ0v) is 17.9. The van der Waals surface area contributed by atoms with Crippen molar-refractivity contribution in [1.82, 2.24) is 4.90 Å². The molecule has 0 unspecified atom stereocenters. The molecule has 6 nitrogen and oxygen atoms in total. The van der Waals surface area contributed by atoms with E-state index in [1.165, 1.54) is 23.7 Å². The summed E-state index contributed by atoms with van der Waals surface area (Å²) in [6, 6.07) is 14.5. The predicted molar refractivity (Wildman–Crippen MR) is 115 cm³/mol. The van der Waals surface area contributed by atoms with Crippen LogP contribution in [-0.2, 0) is 14.3 Å². The summed E-state index contributed by atoms with van der Waals surface area (Å²) in [5, 5.41) is 2.79. The fourth-order valence-electron chi connectivity index (χ4n) is 2.57. The van der Waals surface area contributed by atoms with Crippen molar-refractivity contribution in [3.8, 4) is 0 Å². The highest BCUT2D eigenvalue weighted by molar-refractivity contribution is 7.98. The minimum atomic E-state index is -0.569. The predicted octanol–water partition coefficient (Wildman–Crippen LogP) is 3.79. The largest absolute Gasteiger partial charge is 0.452 e. The van der Waals surface area contributed by atoms with Crippen LogP contribution in [0.2, 0.25) is 0 Å². The van der Waals surface area contributed by atoms with E-state index in [9.17, 15) is 14.4 Å². The van der Waals surface area contributed by atoms with Gasteiger partial charge in [0, 0.05) is 11.9 Å². The highest BCUT2D eigenvalue weighted by atomic mass is 32.2. The Bertz CT molecular complexity index is 865. The standard InChI is InChI=1S/C22H26N2O4S/c1-15(2)16-9-11-17(12-10-16)22(27)28-14-21(26)24(3)13-20(25)23-18-7-5-6-8-19(18)29-4/h5-12,15H,13-14H2,1-4H3,(H,23,25). The summed E-state index contributed by atoms with van der Waals surface area (Å²) in [5.74, 6) is -0.979. The molecule has 0 aliphatic rings. The van der Waals surface area contributed by atoms with Crippen LogP contribution in [0.15, 0.2) is 53.4 Å². The highest BCUT2D eigenvalue weighted by Gasteiger charge is 2.17. The van der Waals surface area contributed by atoms with Crippen LogP contribution in [0.4, 0.5) is 5.69 Å². The lowest BCUT2D eigenvalue weighted by Gasteiger charge is -2.17. The molecule has 0 aliphatic heterocycles. The molecule has 1 N–H and O–H groups in total. The second-order valence-corrected chi connectivity index (χ2v) is 7.70. The van der Waals surface area contributed by atoms with Crippen LogP contribution in [0, 0.1) is 0 Å². The molecule has 2 aromatic rings. The molecule has 154 valence electrons. The van der Waals surface area contributed by atoms with Gasteiger partial charge in [-0.3, -0.25) is 9.59 Å². The second-order valence-electron chi connectivity index (χ2n) is 6.85. The van der Waals surface area contributed by atoms with Crippen molar-refractivity contribution in [3.05, 3.63) is 59.7 Å². The fraction of sp³-hybridized carbons (Fsp3) is 0.318. The number of rotatable bonds is 8. The van der Waals surface area contributed by atoms with Crippen molar-refractivity contribution < 1.29 is 19.1 Å². The molecular weight excluding hydrogens is 388 g/mol. The third-order valence-electron chi connectivity index (χ3n) is 4.33. The first-order valence-electron chi connectivity index (χ1n) is 9.25. The number of nitrogens with one attached hydrogen (secondary N) is 1. The van der Waals surface area contributed by atoms with Gasteiger partial charge in [-0.25, -0.2) is 4.79 Å². The molecule has 2 amide bonds. The van der Waals surface area contributed by atoms with E-state index in [1.54, 1.807) is 18.2 Å². The molecule has 0 aromatic heterocycles. The smallest absolute Gasteiger partial charge is 0.338 e. The molecule has 2 rings (SSSR count). The number of thioether (sulfide) groups is 1. The maximum Gasteiger partial charge on any atom is 0.338 e. The summed E-state index contributed by atoms with van der Waals surface area (Å²) in [7, 11) is 1.49. The maximum atomic E-state index is 12.2. The van der Waals surface area contributed by atoms with Crippen molar-refractivity contribution in [3.63, 3.8) is 0 Å². The normalized spacial score (nSPS) is 10.5. The first-order valence-corrected chi connectivity index (χ1v) is 10.5. The Labute approximate surface area is 175 Å². The Balaban J connectivity index is 1.83. The topological polar surface area (TPSA) is 75.7 Å². The number of benzene rings is 2. The molecule has 29 heavy (non-hydrogen) atoms. The molecule has 0 fully saturated rings. The number of amides is 2. The molecular formula is C22H26N2O4S. The number of nitrogens with zero attached hydrogens (tertiary/aromatic N) is 1. The van der Waals surface area contributed by atoms with E-state index in [0.717, 1.165) is 10.5 Å². The van der Waals surface area contributed by atoms with Crippen LogP contribution in [0.5, 0.6) is 0 Å². The maximum absolute atomic E-state index is 12.2. The molecule has 0 bridgehead atoms. The van der Waals surface area contributed by atoms with Gasteiger partial charge < -0.3 is 15.0 Å². The van der Waals surface area contributed by atoms with Gasteiger partial charge in [-0.05, 0) is 42.0 Å². The van der Waals surface area contributed by atoms with E-state index in [-0.39, 0.29) is 12.5 Å². The fourth-order valence-corrected chi connectivity index (χ4v) is 3.12. The third-order valence-corrected chi connectivity index (χ3v) is 5.12. The number of para-hydroxylation sites is 1. The van der Waals surface area contributed by atoms with Crippen molar-refractivity contribution >= 4 is 35.2 Å². The Morgan fingerprint density at radius 2 is 1.72 bits per heavy atom. The summed E-state index contributed by atoms with van der Waals surface area (Å²) in [6.07, 6.45) is 1.92. The van der Waals surface area contributed by atoms with Gasteiger partial charge in [0.1, 0.15) is 0 Å². The number of carbonyl (C=O) groups is 3. The molecule has 7 heteroatoms. The summed E-state index contributed by atoms with van der Waals surface area (Å²) < 4.78 is 5.08. The van der Waals surface area contributed by atoms with E-state index in [0.29, 0.717) is 17.2 Å². The van der Waals surface area contributed by atoms with Crippen molar-refractivity contribution in [2.24, 2.45) is 0 Å². The molecule has 2 aromatic carbocycles. The van der Waals surface area contributed by atoms with Crippen LogP contribution in [0.25, 0.3) is 0 Å². The summed E-state index contributed by atoms with van der Waals surface area (Å²) >= 11 is 1.52. The SMILES string of the molecule is CSc1ccccc1NC(=O)CN(C)C(=O)COC(=O)c1ccc(C(C)C)cc1. The van der Waals surface area contributed by atoms with Gasteiger partial charge in [0.2, 0.25) is 5.91 Å². The van der Waals surface area contributed by atoms with Crippen LogP contribution in [0.3, 0.4) is 0 Å². The van der Waals surface area contributed by atoms with Gasteiger partial charge in [-0.1, -0.05) is 38.1 Å². The van der Waals surface area contributed by atoms with E-state index in [4.69, 9.17) is 4.74 Å². The van der Waals surface area contributed by atoms with E-state index in [1.807, 2.05) is 36.6 Å². The molecule has 0 saturated heterocycles. The molecule has 0 aliphatic carbocycles. The minimum Gasteiger partial charge on any atom is -0.452 e. The molecule has 0 atom stereocenters. The minimum absolute atomic E-state index is 0.137. The van der Waals surface area contributed by atoms with Gasteiger partial charge in [0.25, 0.3) is 5.91 Å². The number of anilines is 1. The molecule has 0 radical (unpaired) electrons. The van der Waals surface area contributed by atoms with Gasteiger partial charge in [0.05, 0.1) is 17.8 Å². The highest BCUT2D eigenvalue weighted by Crippen LogP contribution is 2.24. The Kier molecular flexibility index (Phi) is 8.27. The Hall–Kier alpha value is -2.80. The van der Waals surface area contributed by atoms with Crippen LogP contribution in [-0.4, -0.2) is 49.1 Å². The average molecular weight is 415 g/mol. The number of hydrogen-bond donors (Lipinski definition) is 1. The van der Waals surface area contributed by atoms with Crippen LogP contribution >= 0.6 is 11.8 Å². The van der Waals surface area contributed by atoms with Crippen molar-refractivity contribution in [2.45, 2.75) is 24.7 Å². The van der Waals surface area contributed by atoms with Crippen molar-refractivity contribution in [1.29, 1.82) is 0 Å². The number of ether oxygens (including phenoxy) is 1. The van der Waals surface area contributed by atoms with Crippen molar-refractivity contribution in [2.75, 3.05) is 31.8 Å². The lowest BCUT2D eigenvalue weighted by atomic mass is 10.0. The summed E-state index contributed by atoms with van der Waals surface area (Å²) in [5.41, 5.74) is 2.20. The number of likely N-dealkylation sites (N-methyl/N-ethyl adjacent to an activating group) is 1. The number of carbonyl (C=O) groups excluding carboxylic acids is 3. The van der Waals surface area contributed by atoms with E-state index in [2.05, 4.69) is 19.2 Å². The van der Waals surface area contributed by atoms with Gasteiger partial charge in [-0.2, -0.15) is 0 Å². The quantitative estimate of drug-likeness (QED) is 0.525. The van der Waals surface area contributed by atoms with Crippen LogP contribution < -0.4 is 5.32 Å². The van der Waals surface area contributed by atoms with Crippen LogP contribution in [0.1, 0.15) is 35.7 Å². The summed E-state index contributed by atoms with van der Waals surface area (Å²) in [4.78, 5) is 38.7. The third kappa shape index (κ3) is 6.64. The molecule has 0 saturated carbocycles. The molecule has 0 heterocycles. The van der Waals surface area contributed by atoms with Gasteiger partial charge >= 0.3 is 5.97 Å². The Morgan fingerprint density at radius 1 is 1.07 bits per heavy atom. The van der Waals surface area contributed by atoms with E-state index < -0.39 is 18.5 Å². The first-order chi connectivity index (χ1) is 13.8. The summed E-state index contributed by atoms with van der Waals surface area (Å²) in [6.45, 7) is 3.58. The average Bonchev–Trinajstić information content (AvgIpc) is 2.72. The first kappa shape index (κ1) is 22.5. The molecule has 0 spiro atoms. The van der Waals surface area contributed by atoms with Gasteiger partial charge in [0.15, 0.2) is 6.61 Å². The Morgan fingerprint density at radius 3 is 2.34 bits per heavy atom. The second kappa shape index (κ2) is 10.7.